The van der Waals surface area contributed by atoms with E-state index in [1.54, 1.807) is 0 Å². The van der Waals surface area contributed by atoms with E-state index >= 15 is 0 Å². The quantitative estimate of drug-likeness (QED) is 0.168. The van der Waals surface area contributed by atoms with E-state index in [-0.39, 0.29) is 5.41 Å². The van der Waals surface area contributed by atoms with Gasteiger partial charge in [0, 0.05) is 42.3 Å². The molecular weight excluding hydrogens is 757 g/mol. The summed E-state index contributed by atoms with van der Waals surface area (Å²) in [6.45, 7) is 2.37. The Morgan fingerprint density at radius 2 is 0.984 bits per heavy atom. The largest absolute Gasteiger partial charge is 0.228 e. The minimum atomic E-state index is -0.321. The zero-order valence-corrected chi connectivity index (χ0v) is 34.3. The first kappa shape index (κ1) is 35.5. The topological polar surface area (TPSA) is 25.8 Å². The van der Waals surface area contributed by atoms with Gasteiger partial charge in [0.1, 0.15) is 0 Å². The van der Waals surface area contributed by atoms with E-state index < -0.39 is 0 Å². The van der Waals surface area contributed by atoms with Crippen LogP contribution in [0.4, 0.5) is 0 Å². The van der Waals surface area contributed by atoms with Crippen molar-refractivity contribution in [2.75, 3.05) is 0 Å². The van der Waals surface area contributed by atoms with Crippen LogP contribution in [0.5, 0.6) is 0 Å². The molecule has 9 aromatic carbocycles. The van der Waals surface area contributed by atoms with Crippen LogP contribution in [0.2, 0.25) is 0 Å². The number of aromatic nitrogens is 2. The molecule has 0 radical (unpaired) electrons. The molecule has 0 amide bonds. The molecule has 1 atom stereocenters. The zero-order chi connectivity index (χ0) is 40.5. The van der Waals surface area contributed by atoms with E-state index in [4.69, 9.17) is 9.97 Å². The second kappa shape index (κ2) is 14.1. The van der Waals surface area contributed by atoms with Crippen LogP contribution in [0.25, 0.3) is 98.2 Å². The van der Waals surface area contributed by atoms with Gasteiger partial charge < -0.3 is 0 Å². The van der Waals surface area contributed by atoms with E-state index in [1.165, 1.54) is 69.9 Å². The van der Waals surface area contributed by atoms with Gasteiger partial charge in [-0.25, -0.2) is 9.97 Å². The minimum absolute atomic E-state index is 0.321. The molecule has 12 rings (SSSR count). The molecule has 2 heterocycles. The summed E-state index contributed by atoms with van der Waals surface area (Å²) in [4.78, 5) is 10.7. The number of nitrogens with zero attached hydrogens (tertiary/aromatic N) is 2. The lowest BCUT2D eigenvalue weighted by atomic mass is 9.74. The first-order valence-electron chi connectivity index (χ1n) is 20.9. The Balaban J connectivity index is 1.08. The molecule has 2 aromatic heterocycles. The molecule has 3 heteroatoms. The Hall–Kier alpha value is -7.46. The van der Waals surface area contributed by atoms with Gasteiger partial charge in [0.25, 0.3) is 0 Å². The lowest BCUT2D eigenvalue weighted by molar-refractivity contribution is 0.714. The maximum Gasteiger partial charge on any atom is 0.160 e. The summed E-state index contributed by atoms with van der Waals surface area (Å²) in [5.74, 6) is 0.700. The van der Waals surface area contributed by atoms with E-state index in [1.807, 2.05) is 17.4 Å². The van der Waals surface area contributed by atoms with Gasteiger partial charge in [-0.15, -0.1) is 11.3 Å². The monoisotopic (exact) mass is 794 g/mol. The number of fused-ring (bicyclic) bond motifs is 7. The molecule has 61 heavy (non-hydrogen) atoms. The Morgan fingerprint density at radius 3 is 1.85 bits per heavy atom. The van der Waals surface area contributed by atoms with Crippen LogP contribution in [-0.2, 0) is 5.41 Å². The highest BCUT2D eigenvalue weighted by molar-refractivity contribution is 7.25. The van der Waals surface area contributed by atoms with Crippen molar-refractivity contribution in [1.29, 1.82) is 0 Å². The SMILES string of the molecule is CC1(c2ccccc2)c2ccccc2-c2ccc(-c3cc(-c4cc(-c5ccc6c(c5)sc5ccccc56)cc(-c5cccc6ccccc56)c4)nc(-c4ccccc4)n3)cc21. The van der Waals surface area contributed by atoms with Crippen molar-refractivity contribution in [3.63, 3.8) is 0 Å². The van der Waals surface area contributed by atoms with Crippen LogP contribution < -0.4 is 0 Å². The minimum Gasteiger partial charge on any atom is -0.228 e. The second-order valence-electron chi connectivity index (χ2n) is 16.3. The molecule has 11 aromatic rings. The summed E-state index contributed by atoms with van der Waals surface area (Å²) >= 11 is 1.85. The molecule has 2 nitrogen and oxygen atoms in total. The van der Waals surface area contributed by atoms with Gasteiger partial charge in [-0.2, -0.15) is 0 Å². The normalized spacial score (nSPS) is 14.4. The highest BCUT2D eigenvalue weighted by Gasteiger charge is 2.40. The maximum atomic E-state index is 5.38. The molecule has 0 bridgehead atoms. The molecular formula is C58H38N2S. The molecule has 0 saturated carbocycles. The first-order valence-corrected chi connectivity index (χ1v) is 21.7. The molecule has 286 valence electrons. The average molecular weight is 795 g/mol. The summed E-state index contributed by atoms with van der Waals surface area (Å²) in [5.41, 5.74) is 15.7. The van der Waals surface area contributed by atoms with Crippen molar-refractivity contribution in [2.24, 2.45) is 0 Å². The number of rotatable bonds is 6. The number of hydrogen-bond acceptors (Lipinski definition) is 3. The summed E-state index contributed by atoms with van der Waals surface area (Å²) in [5, 5.41) is 5.04. The Bertz CT molecular complexity index is 3490. The van der Waals surface area contributed by atoms with Crippen molar-refractivity contribution in [1.82, 2.24) is 9.97 Å². The van der Waals surface area contributed by atoms with Crippen molar-refractivity contribution >= 4 is 42.3 Å². The van der Waals surface area contributed by atoms with Crippen LogP contribution in [0.1, 0.15) is 23.6 Å². The van der Waals surface area contributed by atoms with Gasteiger partial charge in [0.15, 0.2) is 5.82 Å². The summed E-state index contributed by atoms with van der Waals surface area (Å²) in [6.07, 6.45) is 0. The lowest BCUT2D eigenvalue weighted by Gasteiger charge is -2.28. The standard InChI is InChI=1S/C58H38N2S/c1-58(44-19-6-3-7-20-44)51-25-12-10-22-47(51)48-29-28-40(34-52(48)58)53-36-54(60-57(59-53)38-16-4-2-5-17-38)43-32-41(31-42(33-43)46-24-14-18-37-15-8-9-21-45(37)46)39-27-30-50-49-23-11-13-26-55(49)61-56(50)35-39/h2-36H,1H3. The van der Waals surface area contributed by atoms with E-state index in [9.17, 15) is 0 Å². The molecule has 0 saturated heterocycles. The third kappa shape index (κ3) is 5.84. The average Bonchev–Trinajstić information content (AvgIpc) is 3.84. The molecule has 1 aliphatic carbocycles. The third-order valence-electron chi connectivity index (χ3n) is 12.8. The molecule has 1 aliphatic rings. The third-order valence-corrected chi connectivity index (χ3v) is 13.9. The fraction of sp³-hybridized carbons (Fsp3) is 0.0345. The Kier molecular flexibility index (Phi) is 8.19. The van der Waals surface area contributed by atoms with Crippen LogP contribution in [-0.4, -0.2) is 9.97 Å². The van der Waals surface area contributed by atoms with E-state index in [2.05, 4.69) is 213 Å². The predicted octanol–water partition coefficient (Wildman–Crippen LogP) is 15.7. The predicted molar refractivity (Wildman–Crippen MR) is 257 cm³/mol. The van der Waals surface area contributed by atoms with Gasteiger partial charge in [-0.1, -0.05) is 170 Å². The van der Waals surface area contributed by atoms with Crippen molar-refractivity contribution in [2.45, 2.75) is 12.3 Å². The van der Waals surface area contributed by atoms with Gasteiger partial charge in [-0.05, 0) is 110 Å². The molecule has 0 N–H and O–H groups in total. The zero-order valence-electron chi connectivity index (χ0n) is 33.5. The van der Waals surface area contributed by atoms with E-state index in [0.717, 1.165) is 39.2 Å². The molecule has 0 fully saturated rings. The Morgan fingerprint density at radius 1 is 0.361 bits per heavy atom. The molecule has 0 spiro atoms. The van der Waals surface area contributed by atoms with Crippen molar-refractivity contribution in [3.8, 4) is 67.3 Å². The fourth-order valence-electron chi connectivity index (χ4n) is 9.67. The fourth-order valence-corrected chi connectivity index (χ4v) is 10.8. The van der Waals surface area contributed by atoms with Crippen molar-refractivity contribution < 1.29 is 0 Å². The summed E-state index contributed by atoms with van der Waals surface area (Å²) in [7, 11) is 0. The van der Waals surface area contributed by atoms with Gasteiger partial charge >= 0.3 is 0 Å². The maximum absolute atomic E-state index is 5.38. The van der Waals surface area contributed by atoms with Gasteiger partial charge in [0.2, 0.25) is 0 Å². The van der Waals surface area contributed by atoms with Crippen LogP contribution in [0, 0.1) is 0 Å². The summed E-state index contributed by atoms with van der Waals surface area (Å²) in [6, 6.07) is 77.1. The van der Waals surface area contributed by atoms with Gasteiger partial charge in [-0.3, -0.25) is 0 Å². The number of benzene rings is 9. The Labute approximate surface area is 359 Å². The number of hydrogen-bond donors (Lipinski definition) is 0. The molecule has 0 aliphatic heterocycles. The van der Waals surface area contributed by atoms with Crippen molar-refractivity contribution in [3.05, 3.63) is 229 Å². The lowest BCUT2D eigenvalue weighted by Crippen LogP contribution is -2.22. The highest BCUT2D eigenvalue weighted by atomic mass is 32.1. The first-order chi connectivity index (χ1) is 30.1. The van der Waals surface area contributed by atoms with E-state index in [0.29, 0.717) is 5.82 Å². The van der Waals surface area contributed by atoms with Crippen LogP contribution >= 0.6 is 11.3 Å². The molecule has 1 unspecified atom stereocenters. The second-order valence-corrected chi connectivity index (χ2v) is 17.3. The smallest absolute Gasteiger partial charge is 0.160 e. The summed E-state index contributed by atoms with van der Waals surface area (Å²) < 4.78 is 2.59. The number of thiophene rings is 1. The highest BCUT2D eigenvalue weighted by Crippen LogP contribution is 2.53. The van der Waals surface area contributed by atoms with Crippen LogP contribution in [0.15, 0.2) is 212 Å². The van der Waals surface area contributed by atoms with Gasteiger partial charge in [0.05, 0.1) is 11.4 Å². The van der Waals surface area contributed by atoms with Crippen LogP contribution in [0.3, 0.4) is 0 Å².